The van der Waals surface area contributed by atoms with Crippen molar-refractivity contribution in [3.8, 4) is 5.88 Å². The van der Waals surface area contributed by atoms with Crippen molar-refractivity contribution in [2.24, 2.45) is 0 Å². The monoisotopic (exact) mass is 306 g/mol. The molecule has 122 valence electrons. The summed E-state index contributed by atoms with van der Waals surface area (Å²) in [5, 5.41) is 0. The van der Waals surface area contributed by atoms with Gasteiger partial charge in [0.2, 0.25) is 5.88 Å². The molecule has 1 unspecified atom stereocenters. The number of carbonyl (C=O) groups excluding carboxylic acids is 1. The zero-order valence-corrected chi connectivity index (χ0v) is 14.1. The lowest BCUT2D eigenvalue weighted by atomic mass is 10.0. The fourth-order valence-electron chi connectivity index (χ4n) is 2.47. The third kappa shape index (κ3) is 4.61. The molecule has 5 heteroatoms. The Hall–Kier alpha value is -1.78. The van der Waals surface area contributed by atoms with Crippen LogP contribution in [0.4, 0.5) is 4.79 Å². The first kappa shape index (κ1) is 16.6. The van der Waals surface area contributed by atoms with Gasteiger partial charge in [-0.15, -0.1) is 0 Å². The van der Waals surface area contributed by atoms with Crippen LogP contribution in [0.25, 0.3) is 0 Å². The van der Waals surface area contributed by atoms with E-state index >= 15 is 0 Å². The number of ether oxygens (including phenoxy) is 2. The summed E-state index contributed by atoms with van der Waals surface area (Å²) in [5.41, 5.74) is 0.689. The lowest BCUT2D eigenvalue weighted by Crippen LogP contribution is -2.35. The Morgan fingerprint density at radius 1 is 1.36 bits per heavy atom. The van der Waals surface area contributed by atoms with Gasteiger partial charge in [0, 0.05) is 31.3 Å². The van der Waals surface area contributed by atoms with Crippen LogP contribution in [0.2, 0.25) is 0 Å². The number of rotatable bonds is 3. The molecule has 0 spiro atoms. The summed E-state index contributed by atoms with van der Waals surface area (Å²) < 4.78 is 11.0. The van der Waals surface area contributed by atoms with Crippen molar-refractivity contribution in [2.45, 2.75) is 58.7 Å². The second-order valence-corrected chi connectivity index (χ2v) is 7.01. The van der Waals surface area contributed by atoms with Crippen LogP contribution >= 0.6 is 0 Å². The molecule has 0 aliphatic carbocycles. The molecular formula is C17H26N2O3. The van der Waals surface area contributed by atoms with E-state index in [1.54, 1.807) is 4.90 Å². The van der Waals surface area contributed by atoms with Gasteiger partial charge < -0.3 is 14.4 Å². The molecule has 1 aliphatic heterocycles. The van der Waals surface area contributed by atoms with Gasteiger partial charge in [-0.2, -0.15) is 0 Å². The van der Waals surface area contributed by atoms with E-state index in [1.165, 1.54) is 0 Å². The zero-order chi connectivity index (χ0) is 16.3. The highest BCUT2D eigenvalue weighted by molar-refractivity contribution is 5.68. The van der Waals surface area contributed by atoms with E-state index in [0.29, 0.717) is 18.3 Å². The molecule has 5 nitrogen and oxygen atoms in total. The third-order valence-corrected chi connectivity index (χ3v) is 3.43. The fourth-order valence-corrected chi connectivity index (χ4v) is 2.47. The number of likely N-dealkylation sites (tertiary alicyclic amines) is 1. The van der Waals surface area contributed by atoms with Crippen molar-refractivity contribution in [1.29, 1.82) is 0 Å². The van der Waals surface area contributed by atoms with Crippen LogP contribution in [0, 0.1) is 0 Å². The average molecular weight is 306 g/mol. The van der Waals surface area contributed by atoms with Crippen LogP contribution < -0.4 is 4.74 Å². The van der Waals surface area contributed by atoms with Crippen molar-refractivity contribution in [2.75, 3.05) is 13.1 Å². The Morgan fingerprint density at radius 3 is 2.64 bits per heavy atom. The summed E-state index contributed by atoms with van der Waals surface area (Å²) in [7, 11) is 0. The minimum absolute atomic E-state index is 0.118. The number of pyridine rings is 1. The predicted molar refractivity (Wildman–Crippen MR) is 85.2 cm³/mol. The van der Waals surface area contributed by atoms with E-state index in [4.69, 9.17) is 9.47 Å². The molecule has 1 amide bonds. The van der Waals surface area contributed by atoms with Crippen molar-refractivity contribution >= 4 is 6.09 Å². The molecule has 0 radical (unpaired) electrons. The standard InChI is InChI=1S/C17H26N2O3/c1-12(2)21-15-7-6-13(10-18-15)14-8-9-19(11-14)16(20)22-17(3,4)5/h6-7,10,12,14H,8-9,11H2,1-5H3. The van der Waals surface area contributed by atoms with Crippen LogP contribution in [0.3, 0.4) is 0 Å². The smallest absolute Gasteiger partial charge is 0.410 e. The number of hydrogen-bond acceptors (Lipinski definition) is 4. The van der Waals surface area contributed by atoms with Gasteiger partial charge in [0.05, 0.1) is 6.10 Å². The lowest BCUT2D eigenvalue weighted by molar-refractivity contribution is 0.0292. The maximum Gasteiger partial charge on any atom is 0.410 e. The Labute approximate surface area is 132 Å². The highest BCUT2D eigenvalue weighted by Gasteiger charge is 2.30. The number of nitrogens with zero attached hydrogens (tertiary/aromatic N) is 2. The van der Waals surface area contributed by atoms with Crippen LogP contribution in [-0.2, 0) is 4.74 Å². The quantitative estimate of drug-likeness (QED) is 0.856. The van der Waals surface area contributed by atoms with Gasteiger partial charge in [-0.1, -0.05) is 6.07 Å². The van der Waals surface area contributed by atoms with Gasteiger partial charge in [-0.05, 0) is 46.6 Å². The van der Waals surface area contributed by atoms with Gasteiger partial charge >= 0.3 is 6.09 Å². The Bertz CT molecular complexity index is 506. The van der Waals surface area contributed by atoms with Crippen LogP contribution in [0.15, 0.2) is 18.3 Å². The molecule has 0 N–H and O–H groups in total. The first-order chi connectivity index (χ1) is 10.2. The molecule has 1 atom stereocenters. The molecule has 1 aromatic heterocycles. The van der Waals surface area contributed by atoms with Crippen LogP contribution in [0.1, 0.15) is 52.5 Å². The molecule has 22 heavy (non-hydrogen) atoms. The summed E-state index contributed by atoms with van der Waals surface area (Å²) in [5.74, 6) is 0.953. The highest BCUT2D eigenvalue weighted by atomic mass is 16.6. The molecule has 1 saturated heterocycles. The molecule has 0 bridgehead atoms. The molecular weight excluding hydrogens is 280 g/mol. The summed E-state index contributed by atoms with van der Waals surface area (Å²) in [6.07, 6.45) is 2.67. The van der Waals surface area contributed by atoms with E-state index in [9.17, 15) is 4.79 Å². The van der Waals surface area contributed by atoms with E-state index in [1.807, 2.05) is 52.9 Å². The van der Waals surface area contributed by atoms with Crippen molar-refractivity contribution < 1.29 is 14.3 Å². The second kappa shape index (κ2) is 6.55. The number of hydrogen-bond donors (Lipinski definition) is 0. The maximum atomic E-state index is 12.1. The Kier molecular flexibility index (Phi) is 4.94. The second-order valence-electron chi connectivity index (χ2n) is 7.01. The zero-order valence-electron chi connectivity index (χ0n) is 14.1. The molecule has 1 fully saturated rings. The minimum Gasteiger partial charge on any atom is -0.475 e. The van der Waals surface area contributed by atoms with Crippen molar-refractivity contribution in [3.63, 3.8) is 0 Å². The lowest BCUT2D eigenvalue weighted by Gasteiger charge is -2.24. The van der Waals surface area contributed by atoms with Crippen LogP contribution in [-0.4, -0.2) is 40.8 Å². The largest absolute Gasteiger partial charge is 0.475 e. The van der Waals surface area contributed by atoms with Gasteiger partial charge in [-0.25, -0.2) is 9.78 Å². The summed E-state index contributed by atoms with van der Waals surface area (Å²) in [4.78, 5) is 18.2. The van der Waals surface area contributed by atoms with Gasteiger partial charge in [0.15, 0.2) is 0 Å². The van der Waals surface area contributed by atoms with Crippen molar-refractivity contribution in [3.05, 3.63) is 23.9 Å². The normalized spacial score (nSPS) is 18.6. The SMILES string of the molecule is CC(C)Oc1ccc(C2CCN(C(=O)OC(C)(C)C)C2)cn1. The first-order valence-electron chi connectivity index (χ1n) is 7.85. The maximum absolute atomic E-state index is 12.1. The highest BCUT2D eigenvalue weighted by Crippen LogP contribution is 2.28. The first-order valence-corrected chi connectivity index (χ1v) is 7.85. The molecule has 0 aromatic carbocycles. The van der Waals surface area contributed by atoms with Gasteiger partial charge in [0.1, 0.15) is 5.60 Å². The number of aromatic nitrogens is 1. The topological polar surface area (TPSA) is 51.7 Å². The van der Waals surface area contributed by atoms with E-state index in [0.717, 1.165) is 18.5 Å². The molecule has 1 aromatic rings. The van der Waals surface area contributed by atoms with Gasteiger partial charge in [-0.3, -0.25) is 0 Å². The van der Waals surface area contributed by atoms with E-state index < -0.39 is 5.60 Å². The fraction of sp³-hybridized carbons (Fsp3) is 0.647. The molecule has 2 heterocycles. The summed E-state index contributed by atoms with van der Waals surface area (Å²) in [6.45, 7) is 11.0. The van der Waals surface area contributed by atoms with Crippen LogP contribution in [0.5, 0.6) is 5.88 Å². The molecule has 1 aliphatic rings. The summed E-state index contributed by atoms with van der Waals surface area (Å²) >= 11 is 0. The number of amides is 1. The Balaban J connectivity index is 1.94. The Morgan fingerprint density at radius 2 is 2.09 bits per heavy atom. The molecule has 0 saturated carbocycles. The predicted octanol–water partition coefficient (Wildman–Crippen LogP) is 3.59. The van der Waals surface area contributed by atoms with E-state index in [-0.39, 0.29) is 12.2 Å². The van der Waals surface area contributed by atoms with E-state index in [2.05, 4.69) is 4.98 Å². The van der Waals surface area contributed by atoms with Gasteiger partial charge in [0.25, 0.3) is 0 Å². The number of carbonyl (C=O) groups is 1. The van der Waals surface area contributed by atoms with Crippen molar-refractivity contribution in [1.82, 2.24) is 9.88 Å². The summed E-state index contributed by atoms with van der Waals surface area (Å²) in [6, 6.07) is 3.93. The third-order valence-electron chi connectivity index (χ3n) is 3.43. The molecule has 2 rings (SSSR count). The minimum atomic E-state index is -0.452. The average Bonchev–Trinajstić information content (AvgIpc) is 2.86.